The van der Waals surface area contributed by atoms with Crippen molar-refractivity contribution >= 4 is 18.2 Å². The van der Waals surface area contributed by atoms with E-state index in [1.54, 1.807) is 48.5 Å². The molecule has 2 aliphatic rings. The van der Waals surface area contributed by atoms with Gasteiger partial charge in [0, 0.05) is 5.92 Å². The lowest BCUT2D eigenvalue weighted by Crippen LogP contribution is -2.54. The van der Waals surface area contributed by atoms with Gasteiger partial charge in [-0.25, -0.2) is 14.4 Å². The fourth-order valence-electron chi connectivity index (χ4n) is 5.07. The van der Waals surface area contributed by atoms with Crippen molar-refractivity contribution in [2.24, 2.45) is 5.92 Å². The van der Waals surface area contributed by atoms with Crippen LogP contribution in [-0.2, 0) is 34.9 Å². The van der Waals surface area contributed by atoms with Gasteiger partial charge in [-0.15, -0.1) is 0 Å². The minimum Gasteiger partial charge on any atom is -0.458 e. The summed E-state index contributed by atoms with van der Waals surface area (Å²) in [6.45, 7) is 11.9. The zero-order valence-electron chi connectivity index (χ0n) is 25.1. The van der Waals surface area contributed by atoms with Crippen LogP contribution in [0.5, 0.6) is 0 Å². The second-order valence-electron chi connectivity index (χ2n) is 12.8. The van der Waals surface area contributed by atoms with E-state index in [1.807, 2.05) is 18.2 Å². The normalized spacial score (nSPS) is 25.1. The summed E-state index contributed by atoms with van der Waals surface area (Å²) in [7, 11) is 0. The van der Waals surface area contributed by atoms with Crippen LogP contribution >= 0.6 is 0 Å². The summed E-state index contributed by atoms with van der Waals surface area (Å²) in [6.07, 6.45) is 2.98. The molecule has 1 aliphatic heterocycles. The number of hydrogen-bond donors (Lipinski definition) is 0. The van der Waals surface area contributed by atoms with E-state index in [-0.39, 0.29) is 25.2 Å². The molecule has 0 N–H and O–H groups in total. The third-order valence-electron chi connectivity index (χ3n) is 6.84. The number of benzene rings is 1. The Morgan fingerprint density at radius 3 is 2.02 bits per heavy atom. The van der Waals surface area contributed by atoms with Crippen LogP contribution in [-0.4, -0.2) is 71.8 Å². The Morgan fingerprint density at radius 2 is 1.48 bits per heavy atom. The monoisotopic (exact) mass is 561 g/mol. The maximum atomic E-state index is 13.6. The average molecular weight is 562 g/mol. The number of amides is 2. The zero-order chi connectivity index (χ0) is 29.5. The van der Waals surface area contributed by atoms with Gasteiger partial charge < -0.3 is 23.7 Å². The Balaban J connectivity index is 1.91. The van der Waals surface area contributed by atoms with E-state index < -0.39 is 47.6 Å². The van der Waals surface area contributed by atoms with Gasteiger partial charge in [-0.05, 0) is 73.3 Å². The fourth-order valence-corrected chi connectivity index (χ4v) is 5.07. The smallest absolute Gasteiger partial charge is 0.420 e. The van der Waals surface area contributed by atoms with Crippen LogP contribution < -0.4 is 0 Å². The average Bonchev–Trinajstić information content (AvgIpc) is 2.89. The van der Waals surface area contributed by atoms with Gasteiger partial charge in [0.2, 0.25) is 0 Å². The van der Waals surface area contributed by atoms with Crippen LogP contribution in [0.3, 0.4) is 0 Å². The molecule has 1 heterocycles. The Morgan fingerprint density at radius 1 is 0.900 bits per heavy atom. The Bertz CT molecular complexity index is 949. The van der Waals surface area contributed by atoms with Gasteiger partial charge in [-0.2, -0.15) is 4.90 Å². The van der Waals surface area contributed by atoms with Crippen molar-refractivity contribution in [3.63, 3.8) is 0 Å². The van der Waals surface area contributed by atoms with E-state index in [0.29, 0.717) is 11.3 Å². The Kier molecular flexibility index (Phi) is 11.0. The molecule has 0 unspecified atom stereocenters. The lowest BCUT2D eigenvalue weighted by molar-refractivity contribution is -0.168. The first-order valence-electron chi connectivity index (χ1n) is 14.5. The van der Waals surface area contributed by atoms with Crippen molar-refractivity contribution in [1.82, 2.24) is 4.90 Å². The number of rotatable bonds is 5. The number of nitrogens with zero attached hydrogens (tertiary/aromatic N) is 1. The summed E-state index contributed by atoms with van der Waals surface area (Å²) in [4.78, 5) is 40.8. The predicted molar refractivity (Wildman–Crippen MR) is 150 cm³/mol. The molecule has 3 rings (SSSR count). The summed E-state index contributed by atoms with van der Waals surface area (Å²) in [6, 6.07) is 8.66. The molecule has 9 nitrogen and oxygen atoms in total. The molecule has 2 fully saturated rings. The second kappa shape index (κ2) is 13.8. The molecule has 1 saturated carbocycles. The van der Waals surface area contributed by atoms with Gasteiger partial charge in [0.15, 0.2) is 6.04 Å². The third-order valence-corrected chi connectivity index (χ3v) is 6.84. The van der Waals surface area contributed by atoms with Crippen LogP contribution in [0.15, 0.2) is 30.3 Å². The van der Waals surface area contributed by atoms with Gasteiger partial charge >= 0.3 is 18.2 Å². The number of hydrogen-bond acceptors (Lipinski definition) is 8. The van der Waals surface area contributed by atoms with Crippen LogP contribution in [0.1, 0.15) is 86.1 Å². The molecular weight excluding hydrogens is 514 g/mol. The second-order valence-corrected chi connectivity index (χ2v) is 12.8. The van der Waals surface area contributed by atoms with Crippen LogP contribution in [0.25, 0.3) is 0 Å². The minimum atomic E-state index is -1.39. The molecule has 1 aromatic rings. The molecule has 9 heteroatoms. The van der Waals surface area contributed by atoms with E-state index in [2.05, 4.69) is 12.1 Å². The summed E-state index contributed by atoms with van der Waals surface area (Å²) in [5, 5.41) is 0. The molecule has 40 heavy (non-hydrogen) atoms. The predicted octanol–water partition coefficient (Wildman–Crippen LogP) is 6.07. The van der Waals surface area contributed by atoms with Crippen LogP contribution in [0, 0.1) is 5.92 Å². The largest absolute Gasteiger partial charge is 0.458 e. The van der Waals surface area contributed by atoms with Gasteiger partial charge in [0.25, 0.3) is 0 Å². The van der Waals surface area contributed by atoms with Crippen molar-refractivity contribution in [1.29, 1.82) is 0 Å². The zero-order valence-corrected chi connectivity index (χ0v) is 25.1. The SMILES string of the molecule is C[C@@H]1OC(=O)[C@@H](N(C(=O)OC(C)(C)C)C(=O)OC(C)(C)C)COC[C@H](Cc2ccccc2)[C@H]1OC1CCCCC1. The molecule has 0 radical (unpaired) electrons. The van der Waals surface area contributed by atoms with Crippen molar-refractivity contribution in [2.45, 2.75) is 123 Å². The molecule has 4 atom stereocenters. The molecule has 2 amide bonds. The topological polar surface area (TPSA) is 101 Å². The first-order valence-corrected chi connectivity index (χ1v) is 14.5. The van der Waals surface area contributed by atoms with Crippen LogP contribution in [0.4, 0.5) is 9.59 Å². The lowest BCUT2D eigenvalue weighted by atomic mass is 9.90. The molecular formula is C31H47NO8. The summed E-state index contributed by atoms with van der Waals surface area (Å²) in [5.41, 5.74) is -0.701. The molecule has 0 bridgehead atoms. The van der Waals surface area contributed by atoms with Crippen LogP contribution in [0.2, 0.25) is 0 Å². The highest BCUT2D eigenvalue weighted by Gasteiger charge is 2.44. The number of carbonyl (C=O) groups excluding carboxylic acids is 3. The van der Waals surface area contributed by atoms with E-state index in [4.69, 9.17) is 23.7 Å². The quantitative estimate of drug-likeness (QED) is 0.316. The van der Waals surface area contributed by atoms with E-state index in [0.717, 1.165) is 31.2 Å². The Labute approximate surface area is 238 Å². The summed E-state index contributed by atoms with van der Waals surface area (Å²) >= 11 is 0. The van der Waals surface area contributed by atoms with E-state index in [9.17, 15) is 14.4 Å². The highest BCUT2D eigenvalue weighted by atomic mass is 16.6. The molecule has 1 aliphatic carbocycles. The van der Waals surface area contributed by atoms with Gasteiger partial charge in [-0.3, -0.25) is 0 Å². The van der Waals surface area contributed by atoms with Gasteiger partial charge in [0.1, 0.15) is 17.3 Å². The number of ether oxygens (including phenoxy) is 5. The van der Waals surface area contributed by atoms with E-state index in [1.165, 1.54) is 6.42 Å². The number of esters is 1. The number of cyclic esters (lactones) is 1. The standard InChI is InChI=1S/C31H47NO8/c1-21-26(38-24-16-12-9-13-17-24)23(18-22-14-10-8-11-15-22)19-36-20-25(27(33)37-21)32(28(34)39-30(2,3)4)29(35)40-31(5,6)7/h8,10-11,14-15,21,23-26H,9,12-13,16-20H2,1-7H3/t21-,23-,25-,26-/m0/s1. The van der Waals surface area contributed by atoms with Crippen molar-refractivity contribution < 1.29 is 38.1 Å². The maximum Gasteiger partial charge on any atom is 0.420 e. The first-order chi connectivity index (χ1) is 18.7. The van der Waals surface area contributed by atoms with Crippen molar-refractivity contribution in [3.8, 4) is 0 Å². The Hall–Kier alpha value is -2.65. The summed E-state index contributed by atoms with van der Waals surface area (Å²) in [5.74, 6) is -0.899. The highest BCUT2D eigenvalue weighted by Crippen LogP contribution is 2.29. The molecule has 0 spiro atoms. The molecule has 1 aromatic carbocycles. The summed E-state index contributed by atoms with van der Waals surface area (Å²) < 4.78 is 29.7. The maximum absolute atomic E-state index is 13.6. The molecule has 224 valence electrons. The van der Waals surface area contributed by atoms with Gasteiger partial charge in [0.05, 0.1) is 25.4 Å². The third kappa shape index (κ3) is 9.77. The minimum absolute atomic E-state index is 0.0785. The number of imide groups is 1. The fraction of sp³-hybridized carbons (Fsp3) is 0.710. The number of carbonyl (C=O) groups is 3. The van der Waals surface area contributed by atoms with Crippen molar-refractivity contribution in [2.75, 3.05) is 13.2 Å². The molecule has 1 saturated heterocycles. The lowest BCUT2D eigenvalue weighted by Gasteiger charge is -2.35. The molecule has 0 aromatic heterocycles. The highest BCUT2D eigenvalue weighted by molar-refractivity contribution is 5.94. The first kappa shape index (κ1) is 31.9. The van der Waals surface area contributed by atoms with E-state index >= 15 is 0 Å². The van der Waals surface area contributed by atoms with Gasteiger partial charge in [-0.1, -0.05) is 49.6 Å². The van der Waals surface area contributed by atoms with Crippen molar-refractivity contribution in [3.05, 3.63) is 35.9 Å².